The van der Waals surface area contributed by atoms with Gasteiger partial charge in [-0.3, -0.25) is 13.9 Å². The molecule has 45 heavy (non-hydrogen) atoms. The molecule has 0 saturated carbocycles. The quantitative estimate of drug-likeness (QED) is 0.0706. The number of rotatable bonds is 11. The van der Waals surface area contributed by atoms with E-state index in [1.165, 1.54) is 18.2 Å². The summed E-state index contributed by atoms with van der Waals surface area (Å²) in [5, 5.41) is -1.31. The van der Waals surface area contributed by atoms with E-state index in [1.54, 1.807) is 48.5 Å². The summed E-state index contributed by atoms with van der Waals surface area (Å²) >= 11 is 12.0. The molecule has 0 aliphatic heterocycles. The summed E-state index contributed by atoms with van der Waals surface area (Å²) in [5.74, 6) is -0.520. The highest BCUT2D eigenvalue weighted by Gasteiger charge is 2.53. The molecular formula is C30H24Cl2F4O7P2. The highest BCUT2D eigenvalue weighted by atomic mass is 35.5. The summed E-state index contributed by atoms with van der Waals surface area (Å²) in [6.07, 6.45) is -0.622. The van der Waals surface area contributed by atoms with Crippen molar-refractivity contribution in [3.05, 3.63) is 140 Å². The average Bonchev–Trinajstić information content (AvgIpc) is 2.97. The molecule has 238 valence electrons. The Balaban J connectivity index is 1.95. The van der Waals surface area contributed by atoms with E-state index in [0.717, 1.165) is 30.3 Å². The maximum atomic E-state index is 14.8. The minimum Gasteiger partial charge on any atom is -0.320 e. The number of Topliss-reactive ketones (excluding diaryl/α,β-unsaturated/α-hetero) is 1. The van der Waals surface area contributed by atoms with E-state index in [-0.39, 0.29) is 29.5 Å². The van der Waals surface area contributed by atoms with Gasteiger partial charge in [0.05, 0.1) is 26.6 Å². The smallest absolute Gasteiger partial charge is 0.320 e. The number of benzene rings is 4. The monoisotopic (exact) mass is 704 g/mol. The van der Waals surface area contributed by atoms with Gasteiger partial charge in [0.2, 0.25) is 0 Å². The Labute approximate surface area is 264 Å². The van der Waals surface area contributed by atoms with Crippen LogP contribution in [0.4, 0.5) is 17.6 Å². The minimum atomic E-state index is -6.02. The fraction of sp³-hybridized carbons (Fsp3) is 0.167. The molecule has 4 aromatic carbocycles. The van der Waals surface area contributed by atoms with Crippen molar-refractivity contribution in [3.8, 4) is 0 Å². The Morgan fingerprint density at radius 3 is 1.60 bits per heavy atom. The number of hydrogen-bond acceptors (Lipinski definition) is 3. The highest BCUT2D eigenvalue weighted by molar-refractivity contribution is 7.53. The van der Waals surface area contributed by atoms with Crippen molar-refractivity contribution in [2.45, 2.75) is 29.6 Å². The van der Waals surface area contributed by atoms with Crippen molar-refractivity contribution in [2.75, 3.05) is 0 Å². The predicted molar refractivity (Wildman–Crippen MR) is 161 cm³/mol. The molecule has 4 aromatic rings. The fourth-order valence-electron chi connectivity index (χ4n) is 5.02. The fourth-order valence-corrected chi connectivity index (χ4v) is 6.71. The molecular weight excluding hydrogens is 681 g/mol. The van der Waals surface area contributed by atoms with Crippen LogP contribution in [0, 0.1) is 0 Å². The number of halogens is 6. The lowest BCUT2D eigenvalue weighted by Crippen LogP contribution is -2.41. The Hall–Kier alpha value is -2.85. The van der Waals surface area contributed by atoms with E-state index < -0.39 is 58.9 Å². The summed E-state index contributed by atoms with van der Waals surface area (Å²) in [7, 11) is -12.0. The molecule has 0 heterocycles. The Bertz CT molecular complexity index is 1820. The van der Waals surface area contributed by atoms with Crippen molar-refractivity contribution in [3.63, 3.8) is 0 Å². The summed E-state index contributed by atoms with van der Waals surface area (Å²) in [6, 6.07) is 22.0. The van der Waals surface area contributed by atoms with Gasteiger partial charge in [0.15, 0.2) is 5.78 Å². The van der Waals surface area contributed by atoms with Gasteiger partial charge >= 0.3 is 26.5 Å². The molecule has 0 bridgehead atoms. The van der Waals surface area contributed by atoms with Crippen molar-refractivity contribution in [2.24, 2.45) is 0 Å². The van der Waals surface area contributed by atoms with E-state index in [1.807, 2.05) is 0 Å². The molecule has 0 aromatic heterocycles. The molecule has 1 unspecified atom stereocenters. The predicted octanol–water partition coefficient (Wildman–Crippen LogP) is 8.05. The summed E-state index contributed by atoms with van der Waals surface area (Å²) < 4.78 is 81.9. The largest absolute Gasteiger partial charge is 0.399 e. The summed E-state index contributed by atoms with van der Waals surface area (Å²) in [4.78, 5) is 51.5. The first-order valence-electron chi connectivity index (χ1n) is 12.9. The zero-order chi connectivity index (χ0) is 33.4. The standard InChI is InChI=1S/C30H24Cl2F4O7P2/c31-25-14-12-19(15-24(25)30(35,36)45(41,42)43)17-28(22-9-5-2-6-10-22,27(37)21-7-3-1-4-8-21)18-20-11-13-23(26(32)16-20)29(33,34)44(38,39)40/h1-16H,17-18H2,(H2,38,39,40)(H2,41,42,43). The van der Waals surface area contributed by atoms with Crippen LogP contribution in [0.25, 0.3) is 0 Å². The van der Waals surface area contributed by atoms with Crippen LogP contribution in [0.5, 0.6) is 0 Å². The van der Waals surface area contributed by atoms with Crippen LogP contribution in [0.1, 0.15) is 38.2 Å². The number of carbonyl (C=O) groups excluding carboxylic acids is 1. The molecule has 0 aliphatic carbocycles. The second-order valence-corrected chi connectivity index (χ2v) is 14.4. The third-order valence-corrected chi connectivity index (χ3v) is 9.84. The van der Waals surface area contributed by atoms with Crippen LogP contribution in [0.15, 0.2) is 97.1 Å². The molecule has 0 fully saturated rings. The first-order chi connectivity index (χ1) is 20.8. The van der Waals surface area contributed by atoms with Crippen molar-refractivity contribution >= 4 is 44.2 Å². The molecule has 0 spiro atoms. The molecule has 1 atom stereocenters. The first kappa shape index (κ1) is 35.0. The third kappa shape index (κ3) is 6.97. The molecule has 4 N–H and O–H groups in total. The van der Waals surface area contributed by atoms with Crippen molar-refractivity contribution < 1.29 is 51.1 Å². The highest BCUT2D eigenvalue weighted by Crippen LogP contribution is 2.61. The second-order valence-electron chi connectivity index (χ2n) is 10.3. The van der Waals surface area contributed by atoms with Crippen LogP contribution < -0.4 is 0 Å². The van der Waals surface area contributed by atoms with E-state index in [9.17, 15) is 51.1 Å². The van der Waals surface area contributed by atoms with Gasteiger partial charge in [-0.25, -0.2) is 0 Å². The zero-order valence-corrected chi connectivity index (χ0v) is 26.1. The van der Waals surface area contributed by atoms with Gasteiger partial charge in [-0.1, -0.05) is 102 Å². The maximum absolute atomic E-state index is 14.8. The molecule has 0 amide bonds. The van der Waals surface area contributed by atoms with E-state index in [0.29, 0.717) is 5.56 Å². The van der Waals surface area contributed by atoms with Gasteiger partial charge in [0, 0.05) is 5.56 Å². The lowest BCUT2D eigenvalue weighted by atomic mass is 9.67. The maximum Gasteiger partial charge on any atom is 0.399 e. The van der Waals surface area contributed by atoms with E-state index >= 15 is 0 Å². The molecule has 7 nitrogen and oxygen atoms in total. The number of ketones is 1. The van der Waals surface area contributed by atoms with Crippen LogP contribution in [0.3, 0.4) is 0 Å². The van der Waals surface area contributed by atoms with E-state index in [2.05, 4.69) is 0 Å². The normalized spacial score (nSPS) is 14.2. The summed E-state index contributed by atoms with van der Waals surface area (Å²) in [5.41, 5.74) is -12.4. The second kappa shape index (κ2) is 12.7. The summed E-state index contributed by atoms with van der Waals surface area (Å²) in [6.45, 7) is 0. The first-order valence-corrected chi connectivity index (χ1v) is 16.9. The van der Waals surface area contributed by atoms with Gasteiger partial charge in [0.25, 0.3) is 0 Å². The Morgan fingerprint density at radius 2 is 1.09 bits per heavy atom. The van der Waals surface area contributed by atoms with Crippen LogP contribution in [0.2, 0.25) is 10.0 Å². The van der Waals surface area contributed by atoms with Crippen molar-refractivity contribution in [1.82, 2.24) is 0 Å². The van der Waals surface area contributed by atoms with Gasteiger partial charge in [-0.2, -0.15) is 17.6 Å². The lowest BCUT2D eigenvalue weighted by molar-refractivity contribution is 0.0564. The zero-order valence-electron chi connectivity index (χ0n) is 22.8. The van der Waals surface area contributed by atoms with Crippen LogP contribution >= 0.6 is 38.4 Å². The number of carbonyl (C=O) groups is 1. The van der Waals surface area contributed by atoms with Gasteiger partial charge in [-0.05, 0) is 47.7 Å². The lowest BCUT2D eigenvalue weighted by Gasteiger charge is -2.34. The Kier molecular flexibility index (Phi) is 9.91. The average molecular weight is 705 g/mol. The number of hydrogen-bond donors (Lipinski definition) is 4. The molecule has 0 saturated heterocycles. The van der Waals surface area contributed by atoms with Crippen molar-refractivity contribution in [1.29, 1.82) is 0 Å². The third-order valence-electron chi connectivity index (χ3n) is 7.25. The number of alkyl halides is 4. The van der Waals surface area contributed by atoms with Gasteiger partial charge in [0.1, 0.15) is 0 Å². The molecule has 0 aliphatic rings. The molecule has 15 heteroatoms. The topological polar surface area (TPSA) is 132 Å². The Morgan fingerprint density at radius 1 is 0.622 bits per heavy atom. The van der Waals surface area contributed by atoms with Crippen LogP contribution in [-0.4, -0.2) is 25.4 Å². The SMILES string of the molecule is O=C(c1ccccc1)C(Cc1ccc(C(F)(F)P(=O)(O)O)c(Cl)c1)(Cc1ccc(Cl)c(C(F)(F)P(=O)(O)O)c1)c1ccccc1. The van der Waals surface area contributed by atoms with E-state index in [4.69, 9.17) is 23.2 Å². The molecule has 0 radical (unpaired) electrons. The minimum absolute atomic E-state index is 0.0337. The van der Waals surface area contributed by atoms with Crippen LogP contribution in [-0.2, 0) is 38.7 Å². The van der Waals surface area contributed by atoms with Gasteiger partial charge in [-0.15, -0.1) is 0 Å². The molecule has 4 rings (SSSR count). The van der Waals surface area contributed by atoms with Gasteiger partial charge < -0.3 is 19.6 Å².